The molecule has 328 valence electrons. The minimum absolute atomic E-state index is 0.0500. The van der Waals surface area contributed by atoms with Gasteiger partial charge in [0.2, 0.25) is 0 Å². The van der Waals surface area contributed by atoms with Gasteiger partial charge in [0.05, 0.1) is 33.2 Å². The monoisotopic (exact) mass is 892 g/mol. The van der Waals surface area contributed by atoms with Gasteiger partial charge < -0.3 is 14.4 Å². The Labute approximate surface area is 370 Å². The third-order valence-corrected chi connectivity index (χ3v) is 14.1. The van der Waals surface area contributed by atoms with Crippen molar-refractivity contribution in [1.82, 2.24) is 29.4 Å². The van der Waals surface area contributed by atoms with E-state index in [1.165, 1.54) is 28.8 Å². The van der Waals surface area contributed by atoms with Crippen LogP contribution in [0.2, 0.25) is 5.02 Å². The topological polar surface area (TPSA) is 178 Å². The summed E-state index contributed by atoms with van der Waals surface area (Å²) in [4.78, 5) is 38.9. The van der Waals surface area contributed by atoms with Crippen LogP contribution in [0.15, 0.2) is 95.7 Å². The smallest absolute Gasteiger partial charge is 0.312 e. The average Bonchev–Trinajstić information content (AvgIpc) is 3.92. The van der Waals surface area contributed by atoms with E-state index >= 15 is 0 Å². The van der Waals surface area contributed by atoms with Gasteiger partial charge in [0.15, 0.2) is 11.4 Å². The molecule has 3 aromatic carbocycles. The van der Waals surface area contributed by atoms with Crippen molar-refractivity contribution in [1.29, 1.82) is 0 Å². The number of halogens is 1. The van der Waals surface area contributed by atoms with E-state index in [9.17, 15) is 23.3 Å². The number of nitro groups is 1. The van der Waals surface area contributed by atoms with Gasteiger partial charge in [-0.15, -0.1) is 0 Å². The first-order chi connectivity index (χ1) is 30.3. The highest BCUT2D eigenvalue weighted by molar-refractivity contribution is 7.90. The molecule has 3 aliphatic rings. The lowest BCUT2D eigenvalue weighted by atomic mass is 9.72. The molecule has 0 bridgehead atoms. The number of anilines is 1. The maximum atomic E-state index is 14.2. The van der Waals surface area contributed by atoms with Crippen LogP contribution in [-0.2, 0) is 14.8 Å². The zero-order chi connectivity index (χ0) is 43.9. The van der Waals surface area contributed by atoms with Crippen LogP contribution < -0.4 is 14.4 Å². The number of nitrogens with one attached hydrogen (secondary N) is 2. The minimum Gasteiger partial charge on any atom is -0.487 e. The van der Waals surface area contributed by atoms with E-state index in [0.717, 1.165) is 87.0 Å². The molecule has 15 nitrogen and oxygen atoms in total. The third kappa shape index (κ3) is 9.16. The molecule has 17 heteroatoms. The number of ether oxygens (including phenoxy) is 2. The number of H-pyrrole nitrogens is 1. The lowest BCUT2D eigenvalue weighted by molar-refractivity contribution is -0.386. The van der Waals surface area contributed by atoms with E-state index in [4.69, 9.17) is 21.1 Å². The van der Waals surface area contributed by atoms with E-state index in [-0.39, 0.29) is 29.3 Å². The van der Waals surface area contributed by atoms with E-state index in [1.54, 1.807) is 23.1 Å². The van der Waals surface area contributed by atoms with E-state index < -0.39 is 31.4 Å². The first-order valence-corrected chi connectivity index (χ1v) is 23.1. The number of sulfonamides is 1. The van der Waals surface area contributed by atoms with Gasteiger partial charge >= 0.3 is 5.69 Å². The highest BCUT2D eigenvalue weighted by Crippen LogP contribution is 2.43. The predicted octanol–water partition coefficient (Wildman–Crippen LogP) is 8.17. The summed E-state index contributed by atoms with van der Waals surface area (Å²) >= 11 is 6.25. The van der Waals surface area contributed by atoms with E-state index in [1.807, 2.05) is 36.4 Å². The Balaban J connectivity index is 0.976. The summed E-state index contributed by atoms with van der Waals surface area (Å²) in [5.41, 5.74) is 6.96. The van der Waals surface area contributed by atoms with Gasteiger partial charge in [0.1, 0.15) is 5.52 Å². The van der Waals surface area contributed by atoms with Gasteiger partial charge in [-0.2, -0.15) is 0 Å². The molecule has 5 heterocycles. The van der Waals surface area contributed by atoms with Crippen LogP contribution >= 0.6 is 11.6 Å². The van der Waals surface area contributed by atoms with Gasteiger partial charge in [-0.25, -0.2) is 23.1 Å². The number of aromatic amines is 1. The Morgan fingerprint density at radius 3 is 2.57 bits per heavy atom. The quantitative estimate of drug-likeness (QED) is 0.0895. The maximum Gasteiger partial charge on any atom is 0.312 e. The number of nitrogens with zero attached hydrogens (tertiary/aromatic N) is 6. The number of allylic oxidation sites excluding steroid dienone is 1. The number of nitro benzene ring substituents is 1. The Morgan fingerprint density at radius 2 is 1.81 bits per heavy atom. The number of hydrogen-bond donors (Lipinski definition) is 2. The number of fused-ring (bicyclic) bond motifs is 2. The molecule has 2 saturated heterocycles. The van der Waals surface area contributed by atoms with Crippen LogP contribution in [0.5, 0.6) is 5.75 Å². The summed E-state index contributed by atoms with van der Waals surface area (Å²) < 4.78 is 42.7. The molecule has 2 aliphatic heterocycles. The molecule has 9 rings (SSSR count). The highest BCUT2D eigenvalue weighted by Gasteiger charge is 2.31. The molecule has 0 unspecified atom stereocenters. The zero-order valence-corrected chi connectivity index (χ0v) is 36.8. The van der Waals surface area contributed by atoms with Crippen molar-refractivity contribution in [2.45, 2.75) is 50.8 Å². The van der Waals surface area contributed by atoms with Crippen molar-refractivity contribution in [3.05, 3.63) is 117 Å². The molecule has 0 radical (unpaired) electrons. The number of carbonyl (C=O) groups excluding carboxylic acids is 1. The first-order valence-electron chi connectivity index (χ1n) is 21.3. The van der Waals surface area contributed by atoms with Crippen molar-refractivity contribution in [2.24, 2.45) is 11.3 Å². The predicted molar refractivity (Wildman–Crippen MR) is 242 cm³/mol. The fraction of sp³-hybridized carbons (Fsp3) is 0.370. The molecule has 6 aromatic rings. The second kappa shape index (κ2) is 17.4. The molecule has 0 saturated carbocycles. The number of amides is 1. The zero-order valence-electron chi connectivity index (χ0n) is 35.2. The van der Waals surface area contributed by atoms with Crippen molar-refractivity contribution in [3.63, 3.8) is 0 Å². The molecular weight excluding hydrogens is 844 g/mol. The number of piperazine rings is 1. The van der Waals surface area contributed by atoms with Crippen LogP contribution in [0, 0.1) is 21.4 Å². The number of pyridine rings is 1. The van der Waals surface area contributed by atoms with Crippen molar-refractivity contribution < 1.29 is 27.6 Å². The fourth-order valence-corrected chi connectivity index (χ4v) is 10.0. The molecule has 3 aromatic heterocycles. The molecule has 63 heavy (non-hydrogen) atoms. The van der Waals surface area contributed by atoms with Gasteiger partial charge in [-0.1, -0.05) is 43.2 Å². The van der Waals surface area contributed by atoms with Crippen LogP contribution in [0.1, 0.15) is 61.9 Å². The number of carbonyl (C=O) groups is 1. The van der Waals surface area contributed by atoms with Crippen molar-refractivity contribution in [2.75, 3.05) is 57.4 Å². The summed E-state index contributed by atoms with van der Waals surface area (Å²) in [5.74, 6) is -0.800. The summed E-state index contributed by atoms with van der Waals surface area (Å²) in [7, 11) is -4.59. The van der Waals surface area contributed by atoms with Crippen molar-refractivity contribution in [3.8, 4) is 11.4 Å². The second-order valence-electron chi connectivity index (χ2n) is 17.4. The highest BCUT2D eigenvalue weighted by atomic mass is 35.5. The van der Waals surface area contributed by atoms with Crippen LogP contribution in [0.4, 0.5) is 11.4 Å². The number of benzene rings is 3. The van der Waals surface area contributed by atoms with Gasteiger partial charge in [0.25, 0.3) is 15.9 Å². The molecule has 0 atom stereocenters. The second-order valence-corrected chi connectivity index (χ2v) is 19.6. The van der Waals surface area contributed by atoms with E-state index in [0.29, 0.717) is 35.6 Å². The third-order valence-electron chi connectivity index (χ3n) is 12.5. The molecule has 1 aliphatic carbocycles. The van der Waals surface area contributed by atoms with Gasteiger partial charge in [0, 0.05) is 80.5 Å². The first kappa shape index (κ1) is 42.5. The SMILES string of the molecule is CC1(C)CCC(CN2CCN(c3ccc(C(=O)NS(=O)(=O)c4ccc(OCC5CCOCC5)c([N+](=O)[O-])c4)c(-n4[nH]cc5nc6nccc6cc54)c3)CC2)=C(c2ccc(Cl)cc2)C1. The lowest BCUT2D eigenvalue weighted by Crippen LogP contribution is -2.47. The van der Waals surface area contributed by atoms with E-state index in [2.05, 4.69) is 55.6 Å². The minimum atomic E-state index is -4.59. The Kier molecular flexibility index (Phi) is 11.7. The standard InChI is InChI=1S/C46H49ClN8O7S/c1-46(2)15-11-33(38(26-46)31-3-5-34(47)6-4-31)28-52-17-19-53(20-18-52)35-7-9-37(40(24-35)54-41-23-32-12-16-48-44(32)50-39(41)27-49-54)45(56)51-63(59,60)36-8-10-43(42(25-36)55(57)58)62-29-30-13-21-61-22-14-30/h3-10,12,16,23-25,27,30,49H,11,13-15,17-22,26,28-29H2,1-2H3,(H,51,56). The number of rotatable bonds is 12. The Hall–Kier alpha value is -5.81. The number of aromatic nitrogens is 4. The maximum absolute atomic E-state index is 14.2. The number of hydrogen-bond acceptors (Lipinski definition) is 11. The summed E-state index contributed by atoms with van der Waals surface area (Å²) in [6, 6.07) is 20.6. The van der Waals surface area contributed by atoms with Crippen LogP contribution in [-0.4, -0.2) is 96.4 Å². The van der Waals surface area contributed by atoms with Gasteiger partial charge in [-0.3, -0.25) is 29.6 Å². The Bertz CT molecular complexity index is 2840. The van der Waals surface area contributed by atoms with Crippen molar-refractivity contribution >= 4 is 66.5 Å². The normalized spacial score (nSPS) is 17.7. The summed E-state index contributed by atoms with van der Waals surface area (Å²) in [6.07, 6.45) is 8.10. The molecule has 2 fully saturated rings. The fourth-order valence-electron chi connectivity index (χ4n) is 8.89. The average molecular weight is 893 g/mol. The van der Waals surface area contributed by atoms with Crippen LogP contribution in [0.3, 0.4) is 0 Å². The van der Waals surface area contributed by atoms with Gasteiger partial charge in [-0.05, 0) is 109 Å². The lowest BCUT2D eigenvalue weighted by Gasteiger charge is -2.39. The summed E-state index contributed by atoms with van der Waals surface area (Å²) in [6.45, 7) is 10.1. The summed E-state index contributed by atoms with van der Waals surface area (Å²) in [5, 5.41) is 16.9. The molecule has 0 spiro atoms. The molecular formula is C46H49ClN8O7S. The largest absolute Gasteiger partial charge is 0.487 e. The molecule has 2 N–H and O–H groups in total. The Morgan fingerprint density at radius 1 is 1.03 bits per heavy atom. The molecule has 1 amide bonds. The van der Waals surface area contributed by atoms with Crippen LogP contribution in [0.25, 0.3) is 33.3 Å².